The SMILES string of the molecule is O=C(c1ccc(S)cc1Cl)N1CCNCC1. The highest BCUT2D eigenvalue weighted by atomic mass is 35.5. The van der Waals surface area contributed by atoms with E-state index in [0.717, 1.165) is 31.1 Å². The fourth-order valence-corrected chi connectivity index (χ4v) is 2.26. The van der Waals surface area contributed by atoms with Gasteiger partial charge in [0.25, 0.3) is 5.91 Å². The topological polar surface area (TPSA) is 32.3 Å². The Hall–Kier alpha value is -0.710. The predicted octanol–water partition coefficient (Wildman–Crippen LogP) is 1.67. The van der Waals surface area contributed by atoms with Gasteiger partial charge in [0.2, 0.25) is 0 Å². The molecule has 1 aliphatic rings. The van der Waals surface area contributed by atoms with E-state index in [9.17, 15) is 4.79 Å². The van der Waals surface area contributed by atoms with Gasteiger partial charge in [0.1, 0.15) is 0 Å². The lowest BCUT2D eigenvalue weighted by atomic mass is 10.2. The Morgan fingerprint density at radius 1 is 1.38 bits per heavy atom. The largest absolute Gasteiger partial charge is 0.336 e. The van der Waals surface area contributed by atoms with E-state index in [4.69, 9.17) is 11.6 Å². The summed E-state index contributed by atoms with van der Waals surface area (Å²) in [6, 6.07) is 5.21. The van der Waals surface area contributed by atoms with Crippen LogP contribution in [0.4, 0.5) is 0 Å². The molecule has 0 radical (unpaired) electrons. The number of rotatable bonds is 1. The number of carbonyl (C=O) groups is 1. The van der Waals surface area contributed by atoms with E-state index in [1.165, 1.54) is 0 Å². The quantitative estimate of drug-likeness (QED) is 0.750. The molecule has 1 saturated heterocycles. The van der Waals surface area contributed by atoms with Crippen LogP contribution in [0.1, 0.15) is 10.4 Å². The van der Waals surface area contributed by atoms with Gasteiger partial charge in [-0.3, -0.25) is 4.79 Å². The summed E-state index contributed by atoms with van der Waals surface area (Å²) in [5, 5.41) is 3.67. The molecule has 0 aliphatic carbocycles. The van der Waals surface area contributed by atoms with Crippen LogP contribution in [-0.2, 0) is 0 Å². The van der Waals surface area contributed by atoms with Crippen LogP contribution in [0.25, 0.3) is 0 Å². The molecular formula is C11H13ClN2OS. The normalized spacial score (nSPS) is 16.2. The van der Waals surface area contributed by atoms with Crippen LogP contribution < -0.4 is 5.32 Å². The molecule has 1 aromatic rings. The highest BCUT2D eigenvalue weighted by molar-refractivity contribution is 7.80. The average molecular weight is 257 g/mol. The van der Waals surface area contributed by atoms with Gasteiger partial charge in [-0.15, -0.1) is 12.6 Å². The molecule has 86 valence electrons. The minimum absolute atomic E-state index is 0.000154. The molecule has 3 nitrogen and oxygen atoms in total. The van der Waals surface area contributed by atoms with E-state index >= 15 is 0 Å². The number of nitrogens with zero attached hydrogens (tertiary/aromatic N) is 1. The van der Waals surface area contributed by atoms with Gasteiger partial charge in [0, 0.05) is 31.1 Å². The van der Waals surface area contributed by atoms with Gasteiger partial charge in [0.15, 0.2) is 0 Å². The molecule has 5 heteroatoms. The Morgan fingerprint density at radius 2 is 2.06 bits per heavy atom. The summed E-state index contributed by atoms with van der Waals surface area (Å²) in [5.74, 6) is -0.000154. The third kappa shape index (κ3) is 2.51. The molecule has 16 heavy (non-hydrogen) atoms. The van der Waals surface area contributed by atoms with Crippen molar-refractivity contribution in [1.29, 1.82) is 0 Å². The zero-order valence-corrected chi connectivity index (χ0v) is 10.4. The van der Waals surface area contributed by atoms with Crippen LogP contribution in [0.3, 0.4) is 0 Å². The number of hydrogen-bond acceptors (Lipinski definition) is 3. The van der Waals surface area contributed by atoms with Gasteiger partial charge in [-0.2, -0.15) is 0 Å². The van der Waals surface area contributed by atoms with Crippen LogP contribution >= 0.6 is 24.2 Å². The molecule has 0 unspecified atom stereocenters. The van der Waals surface area contributed by atoms with Gasteiger partial charge in [-0.1, -0.05) is 11.6 Å². The van der Waals surface area contributed by atoms with Crippen LogP contribution in [0.15, 0.2) is 23.1 Å². The van der Waals surface area contributed by atoms with E-state index in [0.29, 0.717) is 10.6 Å². The zero-order chi connectivity index (χ0) is 11.5. The summed E-state index contributed by atoms with van der Waals surface area (Å²) in [6.07, 6.45) is 0. The van der Waals surface area contributed by atoms with Gasteiger partial charge >= 0.3 is 0 Å². The number of carbonyl (C=O) groups excluding carboxylic acids is 1. The lowest BCUT2D eigenvalue weighted by molar-refractivity contribution is 0.0736. The first-order chi connectivity index (χ1) is 7.68. The third-order valence-corrected chi connectivity index (χ3v) is 3.18. The summed E-state index contributed by atoms with van der Waals surface area (Å²) in [4.78, 5) is 14.7. The third-order valence-electron chi connectivity index (χ3n) is 2.59. The molecule has 0 aromatic heterocycles. The second kappa shape index (κ2) is 5.08. The summed E-state index contributed by atoms with van der Waals surface area (Å²) < 4.78 is 0. The van der Waals surface area contributed by atoms with Crippen LogP contribution in [0, 0.1) is 0 Å². The maximum Gasteiger partial charge on any atom is 0.255 e. The minimum Gasteiger partial charge on any atom is -0.336 e. The molecular weight excluding hydrogens is 244 g/mol. The van der Waals surface area contributed by atoms with Crippen LogP contribution in [0.5, 0.6) is 0 Å². The molecule has 0 saturated carbocycles. The maximum absolute atomic E-state index is 12.1. The van der Waals surface area contributed by atoms with Gasteiger partial charge in [-0.25, -0.2) is 0 Å². The second-order valence-corrected chi connectivity index (χ2v) is 4.63. The van der Waals surface area contributed by atoms with Crippen LogP contribution in [-0.4, -0.2) is 37.0 Å². The monoisotopic (exact) mass is 256 g/mol. The Labute approximate surface area is 105 Å². The van der Waals surface area contributed by atoms with E-state index in [1.54, 1.807) is 18.2 Å². The molecule has 1 fully saturated rings. The molecule has 2 rings (SSSR count). The molecule has 1 amide bonds. The first-order valence-corrected chi connectivity index (χ1v) is 5.99. The van der Waals surface area contributed by atoms with Crippen molar-refractivity contribution in [3.8, 4) is 0 Å². The Bertz CT molecular complexity index is 405. The van der Waals surface area contributed by atoms with Crippen molar-refractivity contribution in [2.45, 2.75) is 4.90 Å². The van der Waals surface area contributed by atoms with Crippen molar-refractivity contribution in [1.82, 2.24) is 10.2 Å². The lowest BCUT2D eigenvalue weighted by Gasteiger charge is -2.27. The highest BCUT2D eigenvalue weighted by Gasteiger charge is 2.19. The van der Waals surface area contributed by atoms with E-state index < -0.39 is 0 Å². The van der Waals surface area contributed by atoms with E-state index in [-0.39, 0.29) is 5.91 Å². The summed E-state index contributed by atoms with van der Waals surface area (Å²) in [7, 11) is 0. The second-order valence-electron chi connectivity index (χ2n) is 3.71. The molecule has 0 atom stereocenters. The number of nitrogens with one attached hydrogen (secondary N) is 1. The van der Waals surface area contributed by atoms with Gasteiger partial charge in [0.05, 0.1) is 10.6 Å². The van der Waals surface area contributed by atoms with Crippen molar-refractivity contribution in [3.63, 3.8) is 0 Å². The van der Waals surface area contributed by atoms with Crippen molar-refractivity contribution in [2.24, 2.45) is 0 Å². The van der Waals surface area contributed by atoms with E-state index in [1.807, 2.05) is 4.90 Å². The Balaban J connectivity index is 2.19. The maximum atomic E-state index is 12.1. The average Bonchev–Trinajstić information content (AvgIpc) is 2.29. The highest BCUT2D eigenvalue weighted by Crippen LogP contribution is 2.21. The fraction of sp³-hybridized carbons (Fsp3) is 0.364. The first kappa shape index (κ1) is 11.8. The summed E-state index contributed by atoms with van der Waals surface area (Å²) >= 11 is 10.2. The molecule has 1 N–H and O–H groups in total. The standard InChI is InChI=1S/C11H13ClN2OS/c12-10-7-8(16)1-2-9(10)11(15)14-5-3-13-4-6-14/h1-2,7,13,16H,3-6H2. The van der Waals surface area contributed by atoms with Crippen LogP contribution in [0.2, 0.25) is 5.02 Å². The number of thiol groups is 1. The molecule has 1 aromatic carbocycles. The Kier molecular flexibility index (Phi) is 3.74. The van der Waals surface area contributed by atoms with E-state index in [2.05, 4.69) is 17.9 Å². The first-order valence-electron chi connectivity index (χ1n) is 5.17. The number of halogens is 1. The van der Waals surface area contributed by atoms with Gasteiger partial charge in [-0.05, 0) is 18.2 Å². The smallest absolute Gasteiger partial charge is 0.255 e. The van der Waals surface area contributed by atoms with Gasteiger partial charge < -0.3 is 10.2 Å². The van der Waals surface area contributed by atoms with Crippen molar-refractivity contribution in [2.75, 3.05) is 26.2 Å². The number of amides is 1. The zero-order valence-electron chi connectivity index (χ0n) is 8.74. The fourth-order valence-electron chi connectivity index (χ4n) is 1.72. The Morgan fingerprint density at radius 3 is 2.69 bits per heavy atom. The number of benzene rings is 1. The van der Waals surface area contributed by atoms with Crippen molar-refractivity contribution >= 4 is 30.1 Å². The predicted molar refractivity (Wildman–Crippen MR) is 67.5 cm³/mol. The van der Waals surface area contributed by atoms with Crippen molar-refractivity contribution in [3.05, 3.63) is 28.8 Å². The molecule has 0 spiro atoms. The molecule has 1 aliphatic heterocycles. The van der Waals surface area contributed by atoms with Crippen molar-refractivity contribution < 1.29 is 4.79 Å². The number of piperazine rings is 1. The summed E-state index contributed by atoms with van der Waals surface area (Å²) in [6.45, 7) is 3.15. The summed E-state index contributed by atoms with van der Waals surface area (Å²) in [5.41, 5.74) is 0.557. The molecule has 1 heterocycles. The molecule has 0 bridgehead atoms. The lowest BCUT2D eigenvalue weighted by Crippen LogP contribution is -2.46. The number of hydrogen-bond donors (Lipinski definition) is 2. The minimum atomic E-state index is -0.000154.